The Bertz CT molecular complexity index is 685. The van der Waals surface area contributed by atoms with Gasteiger partial charge in [0.15, 0.2) is 0 Å². The van der Waals surface area contributed by atoms with E-state index in [-0.39, 0.29) is 24.3 Å². The van der Waals surface area contributed by atoms with E-state index in [0.717, 1.165) is 10.4 Å². The molecule has 2 aliphatic rings. The van der Waals surface area contributed by atoms with Crippen molar-refractivity contribution in [2.75, 3.05) is 32.7 Å². The summed E-state index contributed by atoms with van der Waals surface area (Å²) in [6.45, 7) is 8.20. The molecular weight excluding hydrogens is 338 g/mol. The van der Waals surface area contributed by atoms with Gasteiger partial charge in [-0.1, -0.05) is 13.8 Å². The van der Waals surface area contributed by atoms with Gasteiger partial charge in [0.05, 0.1) is 11.4 Å². The van der Waals surface area contributed by atoms with E-state index in [0.29, 0.717) is 38.5 Å². The molecule has 2 saturated heterocycles. The maximum absolute atomic E-state index is 12.8. The van der Waals surface area contributed by atoms with E-state index in [2.05, 4.69) is 0 Å². The van der Waals surface area contributed by atoms with Gasteiger partial charge in [-0.25, -0.2) is 0 Å². The van der Waals surface area contributed by atoms with Crippen molar-refractivity contribution in [3.63, 3.8) is 0 Å². The SMILES string of the molecule is Cc1ccsc1C(=O)N1CCC2C(=O)N(CC(C)C)CC(=O)N2CC1. The van der Waals surface area contributed by atoms with Crippen molar-refractivity contribution in [2.45, 2.75) is 33.2 Å². The fourth-order valence-corrected chi connectivity index (χ4v) is 4.45. The highest BCUT2D eigenvalue weighted by molar-refractivity contribution is 7.12. The van der Waals surface area contributed by atoms with Gasteiger partial charge < -0.3 is 14.7 Å². The molecule has 0 radical (unpaired) electrons. The Morgan fingerprint density at radius 2 is 2.04 bits per heavy atom. The molecule has 0 bridgehead atoms. The number of piperazine rings is 1. The van der Waals surface area contributed by atoms with Gasteiger partial charge in [0.2, 0.25) is 11.8 Å². The number of carbonyl (C=O) groups is 3. The molecule has 7 heteroatoms. The van der Waals surface area contributed by atoms with Crippen molar-refractivity contribution >= 4 is 29.1 Å². The van der Waals surface area contributed by atoms with E-state index in [1.165, 1.54) is 11.3 Å². The van der Waals surface area contributed by atoms with E-state index < -0.39 is 6.04 Å². The zero-order chi connectivity index (χ0) is 18.1. The van der Waals surface area contributed by atoms with Crippen LogP contribution in [-0.2, 0) is 9.59 Å². The second-order valence-electron chi connectivity index (χ2n) is 7.23. The Labute approximate surface area is 152 Å². The quantitative estimate of drug-likeness (QED) is 0.819. The van der Waals surface area contributed by atoms with Crippen LogP contribution < -0.4 is 0 Å². The first kappa shape index (κ1) is 17.9. The summed E-state index contributed by atoms with van der Waals surface area (Å²) in [7, 11) is 0. The van der Waals surface area contributed by atoms with Gasteiger partial charge in [-0.15, -0.1) is 11.3 Å². The molecule has 3 rings (SSSR count). The standard InChI is InChI=1S/C18H25N3O3S/c1-12(2)10-20-11-15(22)21-8-7-19(6-4-14(21)17(20)23)18(24)16-13(3)5-9-25-16/h5,9,12,14H,4,6-8,10-11H2,1-3H3. The van der Waals surface area contributed by atoms with Crippen LogP contribution in [0.2, 0.25) is 0 Å². The van der Waals surface area contributed by atoms with Crippen molar-refractivity contribution in [3.8, 4) is 0 Å². The summed E-state index contributed by atoms with van der Waals surface area (Å²) in [6.07, 6.45) is 0.509. The van der Waals surface area contributed by atoms with Crippen LogP contribution in [0.5, 0.6) is 0 Å². The molecule has 25 heavy (non-hydrogen) atoms. The second kappa shape index (κ2) is 7.15. The lowest BCUT2D eigenvalue weighted by Gasteiger charge is -2.39. The lowest BCUT2D eigenvalue weighted by Crippen LogP contribution is -2.60. The molecule has 3 amide bonds. The molecule has 2 fully saturated rings. The summed E-state index contributed by atoms with van der Waals surface area (Å²) in [5.74, 6) is 0.349. The van der Waals surface area contributed by atoms with Crippen LogP contribution in [0, 0.1) is 12.8 Å². The number of thiophene rings is 1. The molecule has 0 aliphatic carbocycles. The first-order valence-corrected chi connectivity index (χ1v) is 9.68. The Morgan fingerprint density at radius 3 is 2.68 bits per heavy atom. The Hall–Kier alpha value is -1.89. The Balaban J connectivity index is 1.74. The fourth-order valence-electron chi connectivity index (χ4n) is 3.56. The number of amides is 3. The van der Waals surface area contributed by atoms with Gasteiger partial charge >= 0.3 is 0 Å². The van der Waals surface area contributed by atoms with E-state index in [9.17, 15) is 14.4 Å². The predicted octanol–water partition coefficient (Wildman–Crippen LogP) is 1.60. The van der Waals surface area contributed by atoms with Crippen LogP contribution in [0.3, 0.4) is 0 Å². The van der Waals surface area contributed by atoms with Crippen LogP contribution in [-0.4, -0.2) is 71.2 Å². The molecule has 0 saturated carbocycles. The van der Waals surface area contributed by atoms with Crippen molar-refractivity contribution in [3.05, 3.63) is 21.9 Å². The van der Waals surface area contributed by atoms with Gasteiger partial charge in [0, 0.05) is 26.2 Å². The minimum absolute atomic E-state index is 0.00582. The number of rotatable bonds is 3. The van der Waals surface area contributed by atoms with Gasteiger partial charge in [0.25, 0.3) is 5.91 Å². The van der Waals surface area contributed by atoms with E-state index in [4.69, 9.17) is 0 Å². The van der Waals surface area contributed by atoms with Gasteiger partial charge in [-0.2, -0.15) is 0 Å². The third kappa shape index (κ3) is 3.56. The molecule has 6 nitrogen and oxygen atoms in total. The summed E-state index contributed by atoms with van der Waals surface area (Å²) in [6, 6.07) is 1.51. The third-order valence-corrected chi connectivity index (χ3v) is 5.84. The van der Waals surface area contributed by atoms with Crippen LogP contribution in [0.15, 0.2) is 11.4 Å². The van der Waals surface area contributed by atoms with Crippen molar-refractivity contribution < 1.29 is 14.4 Å². The number of hydrogen-bond donors (Lipinski definition) is 0. The average molecular weight is 363 g/mol. The Morgan fingerprint density at radius 1 is 1.28 bits per heavy atom. The zero-order valence-corrected chi connectivity index (χ0v) is 15.8. The number of fused-ring (bicyclic) bond motifs is 1. The molecule has 136 valence electrons. The first-order valence-electron chi connectivity index (χ1n) is 8.80. The fraction of sp³-hybridized carbons (Fsp3) is 0.611. The van der Waals surface area contributed by atoms with Crippen molar-refractivity contribution in [1.82, 2.24) is 14.7 Å². The highest BCUT2D eigenvalue weighted by Gasteiger charge is 2.41. The summed E-state index contributed by atoms with van der Waals surface area (Å²) < 4.78 is 0. The molecule has 0 N–H and O–H groups in total. The smallest absolute Gasteiger partial charge is 0.264 e. The maximum Gasteiger partial charge on any atom is 0.264 e. The van der Waals surface area contributed by atoms with Crippen LogP contribution >= 0.6 is 11.3 Å². The molecule has 0 aromatic carbocycles. The summed E-state index contributed by atoms with van der Waals surface area (Å²) in [5, 5.41) is 1.92. The van der Waals surface area contributed by atoms with Crippen LogP contribution in [0.25, 0.3) is 0 Å². The molecule has 1 unspecified atom stereocenters. The molecular formula is C18H25N3O3S. The van der Waals surface area contributed by atoms with Crippen molar-refractivity contribution in [1.29, 1.82) is 0 Å². The van der Waals surface area contributed by atoms with Crippen molar-refractivity contribution in [2.24, 2.45) is 5.92 Å². The summed E-state index contributed by atoms with van der Waals surface area (Å²) in [4.78, 5) is 43.9. The second-order valence-corrected chi connectivity index (χ2v) is 8.15. The normalized spacial score (nSPS) is 21.6. The molecule has 3 heterocycles. The number of nitrogens with zero attached hydrogens (tertiary/aromatic N) is 3. The van der Waals surface area contributed by atoms with Gasteiger partial charge in [-0.05, 0) is 36.3 Å². The highest BCUT2D eigenvalue weighted by Crippen LogP contribution is 2.23. The number of aryl methyl sites for hydroxylation is 1. The average Bonchev–Trinajstić information content (AvgIpc) is 2.85. The lowest BCUT2D eigenvalue weighted by atomic mass is 10.1. The minimum atomic E-state index is -0.428. The monoisotopic (exact) mass is 363 g/mol. The third-order valence-electron chi connectivity index (χ3n) is 4.83. The van der Waals surface area contributed by atoms with E-state index in [1.54, 1.807) is 14.7 Å². The topological polar surface area (TPSA) is 60.9 Å². The number of hydrogen-bond acceptors (Lipinski definition) is 4. The number of carbonyl (C=O) groups excluding carboxylic acids is 3. The maximum atomic E-state index is 12.8. The van der Waals surface area contributed by atoms with E-state index in [1.807, 2.05) is 32.2 Å². The predicted molar refractivity (Wildman–Crippen MR) is 96.5 cm³/mol. The first-order chi connectivity index (χ1) is 11.9. The molecule has 1 aromatic heterocycles. The molecule has 1 aromatic rings. The highest BCUT2D eigenvalue weighted by atomic mass is 32.1. The molecule has 1 atom stereocenters. The summed E-state index contributed by atoms with van der Waals surface area (Å²) >= 11 is 1.44. The zero-order valence-electron chi connectivity index (χ0n) is 15.0. The molecule has 0 spiro atoms. The van der Waals surface area contributed by atoms with E-state index >= 15 is 0 Å². The Kier molecular flexibility index (Phi) is 5.13. The summed E-state index contributed by atoms with van der Waals surface area (Å²) in [5.41, 5.74) is 0.979. The largest absolute Gasteiger partial charge is 0.336 e. The van der Waals surface area contributed by atoms with Crippen LogP contribution in [0.4, 0.5) is 0 Å². The minimum Gasteiger partial charge on any atom is -0.336 e. The van der Waals surface area contributed by atoms with Crippen LogP contribution in [0.1, 0.15) is 35.5 Å². The lowest BCUT2D eigenvalue weighted by molar-refractivity contribution is -0.156. The van der Waals surface area contributed by atoms with Gasteiger partial charge in [0.1, 0.15) is 6.04 Å². The van der Waals surface area contributed by atoms with Gasteiger partial charge in [-0.3, -0.25) is 14.4 Å². The molecule has 2 aliphatic heterocycles.